The van der Waals surface area contributed by atoms with Crippen molar-refractivity contribution >= 4 is 27.6 Å². The molecule has 0 spiro atoms. The Morgan fingerprint density at radius 2 is 2.09 bits per heavy atom. The Labute approximate surface area is 137 Å². The zero-order valence-electron chi connectivity index (χ0n) is 12.9. The van der Waals surface area contributed by atoms with E-state index < -0.39 is 5.97 Å². The first-order valence-corrected chi connectivity index (χ1v) is 8.24. The second kappa shape index (κ2) is 6.38. The molecule has 0 aliphatic carbocycles. The van der Waals surface area contributed by atoms with Crippen molar-refractivity contribution in [1.82, 2.24) is 0 Å². The average Bonchev–Trinajstić information content (AvgIpc) is 2.93. The van der Waals surface area contributed by atoms with Crippen LogP contribution in [0.25, 0.3) is 10.3 Å². The highest BCUT2D eigenvalue weighted by Gasteiger charge is 2.12. The maximum absolute atomic E-state index is 12.3. The zero-order valence-corrected chi connectivity index (χ0v) is 13.7. The lowest BCUT2D eigenvalue weighted by Crippen LogP contribution is -2.09. The summed E-state index contributed by atoms with van der Waals surface area (Å²) < 4.78 is 11.1. The number of esters is 1. The fourth-order valence-corrected chi connectivity index (χ4v) is 2.99. The van der Waals surface area contributed by atoms with E-state index in [1.165, 1.54) is 0 Å². The highest BCUT2D eigenvalue weighted by atomic mass is 32.1. The van der Waals surface area contributed by atoms with Crippen LogP contribution in [0.4, 0.5) is 0 Å². The van der Waals surface area contributed by atoms with E-state index in [0.717, 1.165) is 23.3 Å². The van der Waals surface area contributed by atoms with Gasteiger partial charge in [0.1, 0.15) is 11.3 Å². The van der Waals surface area contributed by atoms with Crippen molar-refractivity contribution in [2.75, 3.05) is 0 Å². The molecule has 2 aromatic carbocycles. The molecule has 0 saturated heterocycles. The molecule has 1 heterocycles. The second-order valence-electron chi connectivity index (χ2n) is 5.39. The molecule has 23 heavy (non-hydrogen) atoms. The Hall–Kier alpha value is -2.40. The molecule has 0 unspecified atom stereocenters. The minimum Gasteiger partial charge on any atom is -0.423 e. The van der Waals surface area contributed by atoms with Crippen molar-refractivity contribution in [3.8, 4) is 5.75 Å². The van der Waals surface area contributed by atoms with Gasteiger partial charge in [-0.15, -0.1) is 0 Å². The van der Waals surface area contributed by atoms with Gasteiger partial charge in [-0.1, -0.05) is 37.3 Å². The van der Waals surface area contributed by atoms with Gasteiger partial charge in [0.25, 0.3) is 0 Å². The van der Waals surface area contributed by atoms with Crippen LogP contribution in [0.5, 0.6) is 5.75 Å². The lowest BCUT2D eigenvalue weighted by molar-refractivity contribution is 0.0735. The largest absolute Gasteiger partial charge is 0.423 e. The van der Waals surface area contributed by atoms with Gasteiger partial charge in [0.05, 0.1) is 10.3 Å². The molecule has 0 saturated carbocycles. The van der Waals surface area contributed by atoms with Gasteiger partial charge in [-0.25, -0.2) is 9.59 Å². The predicted molar refractivity (Wildman–Crippen MR) is 90.5 cm³/mol. The minimum absolute atomic E-state index is 0.371. The molecule has 0 radical (unpaired) electrons. The van der Waals surface area contributed by atoms with Crippen LogP contribution in [-0.2, 0) is 0 Å². The van der Waals surface area contributed by atoms with Crippen LogP contribution >= 0.6 is 11.3 Å². The Balaban J connectivity index is 1.83. The van der Waals surface area contributed by atoms with E-state index in [9.17, 15) is 9.59 Å². The van der Waals surface area contributed by atoms with Gasteiger partial charge in [0, 0.05) is 6.07 Å². The Morgan fingerprint density at radius 3 is 2.87 bits per heavy atom. The summed E-state index contributed by atoms with van der Waals surface area (Å²) in [5.41, 5.74) is 2.13. The van der Waals surface area contributed by atoms with E-state index in [4.69, 9.17) is 9.15 Å². The molecule has 0 bridgehead atoms. The maximum Gasteiger partial charge on any atom is 0.396 e. The van der Waals surface area contributed by atoms with Crippen LogP contribution in [0.15, 0.2) is 51.7 Å². The van der Waals surface area contributed by atoms with Gasteiger partial charge in [-0.05, 0) is 42.2 Å². The molecule has 5 heteroatoms. The normalized spacial score (nSPS) is 12.3. The first kappa shape index (κ1) is 15.5. The standard InChI is InChI=1S/C18H16O4S/c1-3-11(2)12-5-4-6-13(9-12)17(19)21-14-7-8-15-16(10-14)23-18(20)22-15/h4-11H,3H2,1-2H3/t11-/m1/s1. The third kappa shape index (κ3) is 3.35. The minimum atomic E-state index is -0.412. The number of carbonyl (C=O) groups excluding carboxylic acids is 1. The number of carbonyl (C=O) groups is 1. The van der Waals surface area contributed by atoms with E-state index in [0.29, 0.717) is 27.5 Å². The van der Waals surface area contributed by atoms with Crippen molar-refractivity contribution in [2.45, 2.75) is 26.2 Å². The molecule has 0 N–H and O–H groups in total. The van der Waals surface area contributed by atoms with Crippen molar-refractivity contribution in [2.24, 2.45) is 0 Å². The molecular weight excluding hydrogens is 312 g/mol. The molecule has 0 fully saturated rings. The van der Waals surface area contributed by atoms with Crippen molar-refractivity contribution in [3.63, 3.8) is 0 Å². The lowest BCUT2D eigenvalue weighted by Gasteiger charge is -2.10. The average molecular weight is 328 g/mol. The molecule has 0 aliphatic rings. The first-order valence-electron chi connectivity index (χ1n) is 7.42. The van der Waals surface area contributed by atoms with Gasteiger partial charge >= 0.3 is 10.9 Å². The van der Waals surface area contributed by atoms with Gasteiger partial charge in [0.2, 0.25) is 0 Å². The van der Waals surface area contributed by atoms with Crippen molar-refractivity contribution < 1.29 is 13.9 Å². The van der Waals surface area contributed by atoms with E-state index in [-0.39, 0.29) is 4.94 Å². The van der Waals surface area contributed by atoms with Crippen molar-refractivity contribution in [1.29, 1.82) is 0 Å². The molecule has 4 nitrogen and oxygen atoms in total. The predicted octanol–water partition coefficient (Wildman–Crippen LogP) is 4.59. The lowest BCUT2D eigenvalue weighted by atomic mass is 9.97. The van der Waals surface area contributed by atoms with E-state index >= 15 is 0 Å². The summed E-state index contributed by atoms with van der Waals surface area (Å²) in [6.07, 6.45) is 1.01. The fraction of sp³-hybridized carbons (Fsp3) is 0.222. The number of hydrogen-bond donors (Lipinski definition) is 0. The molecule has 3 rings (SSSR count). The Kier molecular flexibility index (Phi) is 4.30. The summed E-state index contributed by atoms with van der Waals surface area (Å²) in [6, 6.07) is 12.4. The number of ether oxygens (including phenoxy) is 1. The van der Waals surface area contributed by atoms with Crippen LogP contribution in [0.1, 0.15) is 42.1 Å². The van der Waals surface area contributed by atoms with Crippen LogP contribution in [-0.4, -0.2) is 5.97 Å². The third-order valence-corrected chi connectivity index (χ3v) is 4.60. The molecule has 3 aromatic rings. The van der Waals surface area contributed by atoms with Crippen LogP contribution in [0.3, 0.4) is 0 Å². The maximum atomic E-state index is 12.3. The summed E-state index contributed by atoms with van der Waals surface area (Å²) in [6.45, 7) is 4.24. The summed E-state index contributed by atoms with van der Waals surface area (Å²) in [4.78, 5) is 23.2. The highest BCUT2D eigenvalue weighted by Crippen LogP contribution is 2.24. The summed E-state index contributed by atoms with van der Waals surface area (Å²) in [5.74, 6) is 0.376. The topological polar surface area (TPSA) is 56.5 Å². The SMILES string of the molecule is CC[C@@H](C)c1cccc(C(=O)Oc2ccc3oc(=O)sc3c2)c1. The van der Waals surface area contributed by atoms with E-state index in [1.807, 2.05) is 18.2 Å². The zero-order chi connectivity index (χ0) is 16.4. The number of fused-ring (bicyclic) bond motifs is 1. The smallest absolute Gasteiger partial charge is 0.396 e. The highest BCUT2D eigenvalue weighted by molar-refractivity contribution is 7.16. The van der Waals surface area contributed by atoms with Gasteiger partial charge < -0.3 is 9.15 Å². The fourth-order valence-electron chi connectivity index (χ4n) is 2.29. The first-order chi connectivity index (χ1) is 11.1. The molecule has 0 aliphatic heterocycles. The molecule has 1 aromatic heterocycles. The van der Waals surface area contributed by atoms with Crippen LogP contribution < -0.4 is 9.68 Å². The van der Waals surface area contributed by atoms with Gasteiger partial charge in [-0.2, -0.15) is 0 Å². The Morgan fingerprint density at radius 1 is 1.26 bits per heavy atom. The molecule has 1 atom stereocenters. The number of benzene rings is 2. The van der Waals surface area contributed by atoms with Gasteiger partial charge in [0.15, 0.2) is 0 Å². The summed E-state index contributed by atoms with van der Waals surface area (Å²) in [5, 5.41) is 0. The third-order valence-electron chi connectivity index (χ3n) is 3.82. The molecule has 0 amide bonds. The monoisotopic (exact) mass is 328 g/mol. The number of rotatable bonds is 4. The van der Waals surface area contributed by atoms with E-state index in [2.05, 4.69) is 13.8 Å². The van der Waals surface area contributed by atoms with E-state index in [1.54, 1.807) is 24.3 Å². The summed E-state index contributed by atoms with van der Waals surface area (Å²) >= 11 is 0.985. The van der Waals surface area contributed by atoms with Crippen LogP contribution in [0, 0.1) is 0 Å². The van der Waals surface area contributed by atoms with Gasteiger partial charge in [-0.3, -0.25) is 0 Å². The molecule has 118 valence electrons. The second-order valence-corrected chi connectivity index (χ2v) is 6.36. The number of hydrogen-bond acceptors (Lipinski definition) is 5. The van der Waals surface area contributed by atoms with Crippen LogP contribution in [0.2, 0.25) is 0 Å². The quantitative estimate of drug-likeness (QED) is 0.519. The summed E-state index contributed by atoms with van der Waals surface area (Å²) in [7, 11) is 0. The van der Waals surface area contributed by atoms with Crippen molar-refractivity contribution in [3.05, 3.63) is 63.3 Å². The molecular formula is C18H16O4S. The Bertz CT molecular complexity index is 907.